The van der Waals surface area contributed by atoms with Gasteiger partial charge in [0.25, 0.3) is 0 Å². The van der Waals surface area contributed by atoms with Gasteiger partial charge < -0.3 is 11.5 Å². The molecule has 3 aromatic rings. The van der Waals surface area contributed by atoms with Gasteiger partial charge in [-0.1, -0.05) is 46.4 Å². The lowest BCUT2D eigenvalue weighted by Gasteiger charge is -2.00. The number of nitrogens with zero attached hydrogens (tertiary/aromatic N) is 2. The van der Waals surface area contributed by atoms with Gasteiger partial charge in [-0.2, -0.15) is 8.75 Å². The number of hydrogen-bond acceptors (Lipinski definition) is 5. The molecule has 1 heterocycles. The maximum atomic E-state index is 5.75. The summed E-state index contributed by atoms with van der Waals surface area (Å²) in [5.74, 6) is 0. The molecule has 0 radical (unpaired) electrons. The fraction of sp³-hybridized carbons (Fsp3) is 0. The van der Waals surface area contributed by atoms with Crippen LogP contribution in [0.25, 0.3) is 11.0 Å². The van der Waals surface area contributed by atoms with Crippen LogP contribution < -0.4 is 11.5 Å². The zero-order valence-electron chi connectivity index (χ0n) is 10.3. The summed E-state index contributed by atoms with van der Waals surface area (Å²) in [5, 5.41) is 1.89. The van der Waals surface area contributed by atoms with E-state index in [0.29, 0.717) is 31.5 Å². The van der Waals surface area contributed by atoms with Crippen molar-refractivity contribution < 1.29 is 0 Å². The predicted molar refractivity (Wildman–Crippen MR) is 92.7 cm³/mol. The Morgan fingerprint density at radius 1 is 0.667 bits per heavy atom. The molecular weight excluding hydrogens is 374 g/mol. The van der Waals surface area contributed by atoms with Gasteiger partial charge >= 0.3 is 0 Å². The highest BCUT2D eigenvalue weighted by atomic mass is 35.5. The van der Waals surface area contributed by atoms with Gasteiger partial charge in [0.1, 0.15) is 11.0 Å². The van der Waals surface area contributed by atoms with E-state index < -0.39 is 0 Å². The third kappa shape index (κ3) is 4.02. The molecule has 21 heavy (non-hydrogen) atoms. The third-order valence-corrected chi connectivity index (χ3v) is 4.42. The van der Waals surface area contributed by atoms with Crippen molar-refractivity contribution in [2.24, 2.45) is 0 Å². The van der Waals surface area contributed by atoms with Gasteiger partial charge in [-0.15, -0.1) is 0 Å². The van der Waals surface area contributed by atoms with Crippen molar-refractivity contribution in [1.29, 1.82) is 0 Å². The van der Waals surface area contributed by atoms with E-state index in [-0.39, 0.29) is 0 Å². The average Bonchev–Trinajstić information content (AvgIpc) is 2.85. The monoisotopic (exact) mass is 380 g/mol. The number of hydrogen-bond donors (Lipinski definition) is 2. The van der Waals surface area contributed by atoms with E-state index in [4.69, 9.17) is 57.9 Å². The predicted octanol–water partition coefficient (Wildman–Crippen LogP) is 5.16. The van der Waals surface area contributed by atoms with Gasteiger partial charge in [0.15, 0.2) is 0 Å². The smallest absolute Gasteiger partial charge is 0.106 e. The maximum Gasteiger partial charge on any atom is 0.106 e. The number of benzene rings is 2. The SMILES string of the molecule is Clc1cc2nsnc2cc1Cl.Nc1cc(Cl)c(Cl)cc1N. The summed E-state index contributed by atoms with van der Waals surface area (Å²) in [6.07, 6.45) is 0. The molecule has 0 saturated carbocycles. The summed E-state index contributed by atoms with van der Waals surface area (Å²) < 4.78 is 8.02. The van der Waals surface area contributed by atoms with Crippen LogP contribution in [0.1, 0.15) is 0 Å². The molecule has 0 aliphatic carbocycles. The molecule has 0 amide bonds. The third-order valence-electron chi connectivity index (χ3n) is 2.42. The number of halogens is 4. The van der Waals surface area contributed by atoms with Crippen LogP contribution in [-0.2, 0) is 0 Å². The van der Waals surface area contributed by atoms with Crippen LogP contribution in [0.4, 0.5) is 11.4 Å². The molecule has 0 aliphatic rings. The lowest BCUT2D eigenvalue weighted by Crippen LogP contribution is -1.93. The van der Waals surface area contributed by atoms with Crippen LogP contribution in [0.5, 0.6) is 0 Å². The summed E-state index contributed by atoms with van der Waals surface area (Å²) >= 11 is 23.9. The second-order valence-corrected chi connectivity index (χ2v) is 6.07. The molecule has 1 aromatic heterocycles. The molecule has 2 aromatic carbocycles. The molecule has 0 fully saturated rings. The van der Waals surface area contributed by atoms with Crippen LogP contribution in [0.2, 0.25) is 20.1 Å². The van der Waals surface area contributed by atoms with E-state index in [1.165, 1.54) is 12.1 Å². The summed E-state index contributed by atoms with van der Waals surface area (Å²) in [4.78, 5) is 0. The molecule has 9 heteroatoms. The van der Waals surface area contributed by atoms with Crippen LogP contribution in [-0.4, -0.2) is 8.75 Å². The summed E-state index contributed by atoms with van der Waals surface area (Å²) in [5.41, 5.74) is 13.3. The Kier molecular flexibility index (Phi) is 5.35. The molecule has 0 aliphatic heterocycles. The van der Waals surface area contributed by atoms with E-state index in [1.807, 2.05) is 0 Å². The Labute approximate surface area is 144 Å². The Hall–Kier alpha value is -0.980. The number of nitrogens with two attached hydrogens (primary N) is 2. The maximum absolute atomic E-state index is 5.75. The van der Waals surface area contributed by atoms with Crippen molar-refractivity contribution in [3.8, 4) is 0 Å². The lowest BCUT2D eigenvalue weighted by atomic mass is 10.3. The minimum Gasteiger partial charge on any atom is -0.397 e. The minimum absolute atomic E-state index is 0.424. The molecule has 3 rings (SSSR count). The summed E-state index contributed by atoms with van der Waals surface area (Å²) in [6.45, 7) is 0. The van der Waals surface area contributed by atoms with Crippen molar-refractivity contribution in [2.45, 2.75) is 0 Å². The van der Waals surface area contributed by atoms with E-state index in [9.17, 15) is 0 Å². The van der Waals surface area contributed by atoms with Gasteiger partial charge in [-0.05, 0) is 24.3 Å². The summed E-state index contributed by atoms with van der Waals surface area (Å²) in [7, 11) is 0. The van der Waals surface area contributed by atoms with Crippen molar-refractivity contribution in [3.63, 3.8) is 0 Å². The minimum atomic E-state index is 0.424. The highest BCUT2D eigenvalue weighted by Gasteiger charge is 2.03. The molecule has 0 atom stereocenters. The standard InChI is InChI=1S/C6H2Cl2N2S.C6H6Cl2N2/c7-3-1-5-6(2-4(3)8)10-11-9-5;7-3-1-5(9)6(10)2-4(3)8/h1-2H;1-2H,9-10H2. The number of anilines is 2. The first-order chi connectivity index (χ1) is 9.88. The number of fused-ring (bicyclic) bond motifs is 1. The van der Waals surface area contributed by atoms with Crippen LogP contribution in [0.3, 0.4) is 0 Å². The molecule has 0 spiro atoms. The van der Waals surface area contributed by atoms with E-state index in [1.54, 1.807) is 12.1 Å². The fourth-order valence-corrected chi connectivity index (χ4v) is 2.53. The van der Waals surface area contributed by atoms with Gasteiger partial charge in [0.05, 0.1) is 43.2 Å². The average molecular weight is 382 g/mol. The highest BCUT2D eigenvalue weighted by Crippen LogP contribution is 2.28. The number of aromatic nitrogens is 2. The fourth-order valence-electron chi connectivity index (χ4n) is 1.36. The zero-order valence-corrected chi connectivity index (χ0v) is 14.1. The first kappa shape index (κ1) is 16.4. The topological polar surface area (TPSA) is 77.8 Å². The van der Waals surface area contributed by atoms with E-state index in [2.05, 4.69) is 8.75 Å². The highest BCUT2D eigenvalue weighted by molar-refractivity contribution is 7.00. The van der Waals surface area contributed by atoms with Crippen molar-refractivity contribution in [2.75, 3.05) is 11.5 Å². The quantitative estimate of drug-likeness (QED) is 0.527. The second-order valence-electron chi connectivity index (χ2n) is 3.91. The number of nitrogen functional groups attached to an aromatic ring is 2. The van der Waals surface area contributed by atoms with Gasteiger partial charge in [0.2, 0.25) is 0 Å². The number of rotatable bonds is 0. The van der Waals surface area contributed by atoms with E-state index >= 15 is 0 Å². The van der Waals surface area contributed by atoms with Crippen LogP contribution >= 0.6 is 58.1 Å². The lowest BCUT2D eigenvalue weighted by molar-refractivity contribution is 1.64. The van der Waals surface area contributed by atoms with Crippen molar-refractivity contribution >= 4 is 80.5 Å². The van der Waals surface area contributed by atoms with Crippen molar-refractivity contribution in [3.05, 3.63) is 44.4 Å². The normalized spacial score (nSPS) is 10.3. The molecule has 4 N–H and O–H groups in total. The Bertz CT molecular complexity index is 704. The molecule has 0 unspecified atom stereocenters. The molecule has 4 nitrogen and oxygen atoms in total. The first-order valence-electron chi connectivity index (χ1n) is 5.46. The Morgan fingerprint density at radius 2 is 1.00 bits per heavy atom. The molecule has 0 saturated heterocycles. The van der Waals surface area contributed by atoms with Crippen LogP contribution in [0, 0.1) is 0 Å². The van der Waals surface area contributed by atoms with Crippen molar-refractivity contribution in [1.82, 2.24) is 8.75 Å². The summed E-state index contributed by atoms with van der Waals surface area (Å²) in [6, 6.07) is 6.48. The molecule has 0 bridgehead atoms. The van der Waals surface area contributed by atoms with E-state index in [0.717, 1.165) is 22.8 Å². The first-order valence-corrected chi connectivity index (χ1v) is 7.70. The molecule has 110 valence electrons. The van der Waals surface area contributed by atoms with Crippen LogP contribution in [0.15, 0.2) is 24.3 Å². The van der Waals surface area contributed by atoms with Gasteiger partial charge in [0, 0.05) is 0 Å². The van der Waals surface area contributed by atoms with Gasteiger partial charge in [-0.25, -0.2) is 0 Å². The Morgan fingerprint density at radius 3 is 1.38 bits per heavy atom. The van der Waals surface area contributed by atoms with Gasteiger partial charge in [-0.3, -0.25) is 0 Å². The largest absolute Gasteiger partial charge is 0.397 e. The zero-order chi connectivity index (χ0) is 15.6. The Balaban J connectivity index is 0.000000155. The molecular formula is C12H8Cl4N4S. The second kappa shape index (κ2) is 6.85.